The Hall–Kier alpha value is -1.91. The minimum absolute atomic E-state index is 0. The van der Waals surface area contributed by atoms with E-state index in [1.54, 1.807) is 12.4 Å². The third-order valence-electron chi connectivity index (χ3n) is 4.17. The molecule has 1 aliphatic heterocycles. The van der Waals surface area contributed by atoms with Crippen molar-refractivity contribution in [1.82, 2.24) is 30.4 Å². The number of hydrogen-bond acceptors (Lipinski definition) is 5. The topological polar surface area (TPSA) is 89.2 Å². The quantitative estimate of drug-likeness (QED) is 0.269. The van der Waals surface area contributed by atoms with Crippen molar-refractivity contribution in [3.63, 3.8) is 0 Å². The van der Waals surface area contributed by atoms with Gasteiger partial charge in [0.25, 0.3) is 0 Å². The van der Waals surface area contributed by atoms with Crippen LogP contribution in [-0.4, -0.2) is 51.4 Å². The largest absolute Gasteiger partial charge is 0.490 e. The molecule has 1 unspecified atom stereocenters. The van der Waals surface area contributed by atoms with Gasteiger partial charge in [-0.2, -0.15) is 5.10 Å². The predicted octanol–water partition coefficient (Wildman–Crippen LogP) is 1.80. The summed E-state index contributed by atoms with van der Waals surface area (Å²) >= 11 is 0. The number of nitrogens with one attached hydrogen (secondary N) is 2. The second-order valence-corrected chi connectivity index (χ2v) is 6.16. The smallest absolute Gasteiger partial charge is 0.191 e. The Morgan fingerprint density at radius 1 is 1.41 bits per heavy atom. The molecule has 2 N–H and O–H groups in total. The number of rotatable bonds is 7. The Morgan fingerprint density at radius 3 is 3.04 bits per heavy atom. The Balaban J connectivity index is 0.00000261. The van der Waals surface area contributed by atoms with Crippen molar-refractivity contribution in [2.45, 2.75) is 45.7 Å². The van der Waals surface area contributed by atoms with Crippen LogP contribution in [-0.2, 0) is 19.4 Å². The summed E-state index contributed by atoms with van der Waals surface area (Å²) in [4.78, 5) is 13.2. The molecule has 3 heterocycles. The normalized spacial score (nSPS) is 16.2. The number of halogens is 1. The lowest BCUT2D eigenvalue weighted by Crippen LogP contribution is -2.47. The van der Waals surface area contributed by atoms with Crippen molar-refractivity contribution in [2.24, 2.45) is 4.99 Å². The van der Waals surface area contributed by atoms with Crippen molar-refractivity contribution < 1.29 is 4.74 Å². The van der Waals surface area contributed by atoms with E-state index < -0.39 is 0 Å². The minimum atomic E-state index is 0. The summed E-state index contributed by atoms with van der Waals surface area (Å²) in [5.41, 5.74) is 0. The van der Waals surface area contributed by atoms with Gasteiger partial charge < -0.3 is 15.4 Å². The first kappa shape index (κ1) is 21.4. The molecule has 0 radical (unpaired) electrons. The van der Waals surface area contributed by atoms with E-state index in [-0.39, 0.29) is 24.0 Å². The molecule has 2 aromatic rings. The summed E-state index contributed by atoms with van der Waals surface area (Å²) in [6.07, 6.45) is 6.27. The molecule has 2 aromatic heterocycles. The molecule has 0 aromatic carbocycles. The maximum atomic E-state index is 5.64. The molecule has 0 spiro atoms. The standard InChI is InChI=1S/C18H27N7O.HI/c1-3-16-23-17-8-7-14(13-25(17)24-16)22-18(20-4-2)21-10-11-26-15-6-5-9-19-12-15;/h5-6,9,12,14H,3-4,7-8,10-11,13H2,1-2H3,(H2,20,21,22);1H. The summed E-state index contributed by atoms with van der Waals surface area (Å²) in [6.45, 7) is 6.87. The number of aromatic nitrogens is 4. The number of fused-ring (bicyclic) bond motifs is 1. The Kier molecular flexibility index (Phi) is 8.76. The highest BCUT2D eigenvalue weighted by Crippen LogP contribution is 2.13. The average Bonchev–Trinajstić information content (AvgIpc) is 3.08. The zero-order valence-electron chi connectivity index (χ0n) is 15.9. The van der Waals surface area contributed by atoms with Crippen molar-refractivity contribution >= 4 is 29.9 Å². The van der Waals surface area contributed by atoms with Crippen LogP contribution >= 0.6 is 24.0 Å². The number of ether oxygens (including phenoxy) is 1. The fourth-order valence-corrected chi connectivity index (χ4v) is 2.89. The molecule has 3 rings (SSSR count). The molecule has 0 saturated heterocycles. The van der Waals surface area contributed by atoms with Gasteiger partial charge in [0, 0.05) is 31.6 Å². The first-order chi connectivity index (χ1) is 12.8. The molecular weight excluding hydrogens is 457 g/mol. The van der Waals surface area contributed by atoms with Gasteiger partial charge in [0.15, 0.2) is 11.8 Å². The third kappa shape index (κ3) is 6.33. The van der Waals surface area contributed by atoms with Gasteiger partial charge in [0.1, 0.15) is 18.2 Å². The summed E-state index contributed by atoms with van der Waals surface area (Å²) in [7, 11) is 0. The molecule has 0 aliphatic carbocycles. The summed E-state index contributed by atoms with van der Waals surface area (Å²) in [5, 5.41) is 11.4. The van der Waals surface area contributed by atoms with Crippen LogP contribution < -0.4 is 15.4 Å². The van der Waals surface area contributed by atoms with Gasteiger partial charge in [-0.15, -0.1) is 24.0 Å². The summed E-state index contributed by atoms with van der Waals surface area (Å²) in [6, 6.07) is 4.05. The van der Waals surface area contributed by atoms with E-state index in [9.17, 15) is 0 Å². The van der Waals surface area contributed by atoms with Gasteiger partial charge in [-0.25, -0.2) is 14.7 Å². The van der Waals surface area contributed by atoms with E-state index in [1.165, 1.54) is 0 Å². The van der Waals surface area contributed by atoms with Crippen molar-refractivity contribution in [1.29, 1.82) is 0 Å². The third-order valence-corrected chi connectivity index (χ3v) is 4.17. The maximum Gasteiger partial charge on any atom is 0.191 e. The van der Waals surface area contributed by atoms with Crippen molar-refractivity contribution in [2.75, 3.05) is 19.7 Å². The number of aliphatic imine (C=N–C) groups is 1. The van der Waals surface area contributed by atoms with Crippen LogP contribution in [0.5, 0.6) is 5.75 Å². The van der Waals surface area contributed by atoms with E-state index in [4.69, 9.17) is 4.74 Å². The highest BCUT2D eigenvalue weighted by Gasteiger charge is 2.21. The first-order valence-electron chi connectivity index (χ1n) is 9.28. The molecule has 27 heavy (non-hydrogen) atoms. The number of nitrogens with zero attached hydrogens (tertiary/aromatic N) is 5. The van der Waals surface area contributed by atoms with Gasteiger partial charge in [-0.05, 0) is 25.5 Å². The number of pyridine rings is 1. The van der Waals surface area contributed by atoms with Crippen LogP contribution in [0.25, 0.3) is 0 Å². The molecule has 9 heteroatoms. The molecule has 0 fully saturated rings. The van der Waals surface area contributed by atoms with Crippen LogP contribution in [0.15, 0.2) is 29.5 Å². The Bertz CT molecular complexity index is 720. The molecular formula is C18H28IN7O. The van der Waals surface area contributed by atoms with Crippen LogP contribution in [0.1, 0.15) is 31.9 Å². The van der Waals surface area contributed by atoms with Gasteiger partial charge in [-0.3, -0.25) is 4.98 Å². The van der Waals surface area contributed by atoms with Crippen LogP contribution in [0.2, 0.25) is 0 Å². The van der Waals surface area contributed by atoms with Gasteiger partial charge in [0.2, 0.25) is 0 Å². The highest BCUT2D eigenvalue weighted by atomic mass is 127. The Morgan fingerprint density at radius 2 is 2.30 bits per heavy atom. The number of guanidine groups is 1. The molecule has 1 atom stereocenters. The number of aryl methyl sites for hydroxylation is 2. The van der Waals surface area contributed by atoms with E-state index in [2.05, 4.69) is 44.5 Å². The molecule has 148 valence electrons. The van der Waals surface area contributed by atoms with E-state index in [0.29, 0.717) is 19.2 Å². The van der Waals surface area contributed by atoms with Gasteiger partial charge >= 0.3 is 0 Å². The van der Waals surface area contributed by atoms with Crippen molar-refractivity contribution in [3.8, 4) is 5.75 Å². The fourth-order valence-electron chi connectivity index (χ4n) is 2.89. The first-order valence-corrected chi connectivity index (χ1v) is 9.28. The van der Waals surface area contributed by atoms with Crippen LogP contribution in [0.4, 0.5) is 0 Å². The van der Waals surface area contributed by atoms with E-state index in [0.717, 1.165) is 55.7 Å². The zero-order valence-corrected chi connectivity index (χ0v) is 18.2. The van der Waals surface area contributed by atoms with Crippen LogP contribution in [0, 0.1) is 0 Å². The maximum absolute atomic E-state index is 5.64. The summed E-state index contributed by atoms with van der Waals surface area (Å²) in [5.74, 6) is 3.59. The lowest BCUT2D eigenvalue weighted by molar-refractivity contribution is 0.326. The highest BCUT2D eigenvalue weighted by molar-refractivity contribution is 14.0. The lowest BCUT2D eigenvalue weighted by atomic mass is 10.1. The molecule has 8 nitrogen and oxygen atoms in total. The fraction of sp³-hybridized carbons (Fsp3) is 0.556. The molecule has 0 amide bonds. The minimum Gasteiger partial charge on any atom is -0.490 e. The summed E-state index contributed by atoms with van der Waals surface area (Å²) < 4.78 is 7.66. The Labute approximate surface area is 177 Å². The number of hydrogen-bond donors (Lipinski definition) is 2. The van der Waals surface area contributed by atoms with Crippen molar-refractivity contribution in [3.05, 3.63) is 36.2 Å². The molecule has 0 saturated carbocycles. The second kappa shape index (κ2) is 11.1. The van der Waals surface area contributed by atoms with Gasteiger partial charge in [-0.1, -0.05) is 6.92 Å². The second-order valence-electron chi connectivity index (χ2n) is 6.16. The average molecular weight is 485 g/mol. The van der Waals surface area contributed by atoms with Crippen LogP contribution in [0.3, 0.4) is 0 Å². The molecule has 1 aliphatic rings. The predicted molar refractivity (Wildman–Crippen MR) is 116 cm³/mol. The molecule has 0 bridgehead atoms. The monoisotopic (exact) mass is 485 g/mol. The SMILES string of the molecule is CCNC(=NCCOc1cccnc1)NC1CCc2nc(CC)nn2C1.I. The lowest BCUT2D eigenvalue weighted by Gasteiger charge is -2.25. The zero-order chi connectivity index (χ0) is 18.2. The van der Waals surface area contributed by atoms with E-state index in [1.807, 2.05) is 16.8 Å². The van der Waals surface area contributed by atoms with E-state index >= 15 is 0 Å². The van der Waals surface area contributed by atoms with Gasteiger partial charge in [0.05, 0.1) is 19.3 Å².